The second-order valence-electron chi connectivity index (χ2n) is 4.34. The Morgan fingerprint density at radius 2 is 2.21 bits per heavy atom. The zero-order valence-corrected chi connectivity index (χ0v) is 12.6. The van der Waals surface area contributed by atoms with Gasteiger partial charge in [0.2, 0.25) is 0 Å². The van der Waals surface area contributed by atoms with Gasteiger partial charge in [-0.25, -0.2) is 4.39 Å². The van der Waals surface area contributed by atoms with Gasteiger partial charge in [0.1, 0.15) is 11.6 Å². The molecule has 0 radical (unpaired) electrons. The summed E-state index contributed by atoms with van der Waals surface area (Å²) in [6, 6.07) is 5.11. The number of rotatable bonds is 5. The van der Waals surface area contributed by atoms with Gasteiger partial charge in [-0.3, -0.25) is 4.79 Å². The molecule has 0 heterocycles. The molecule has 1 aliphatic rings. The highest BCUT2D eigenvalue weighted by atomic mass is 127. The van der Waals surface area contributed by atoms with Crippen LogP contribution < -0.4 is 16.0 Å². The molecular formula is C13H15FIN3O. The third kappa shape index (κ3) is 4.38. The molecule has 19 heavy (non-hydrogen) atoms. The minimum atomic E-state index is -0.435. The molecule has 6 heteroatoms. The molecule has 1 aliphatic carbocycles. The van der Waals surface area contributed by atoms with Crippen LogP contribution in [-0.4, -0.2) is 19.0 Å². The number of hydrogen-bond acceptors (Lipinski definition) is 3. The summed E-state index contributed by atoms with van der Waals surface area (Å²) in [6.45, 7) is 0. The van der Waals surface area contributed by atoms with Gasteiger partial charge in [-0.15, -0.1) is 0 Å². The van der Waals surface area contributed by atoms with Crippen LogP contribution in [0.1, 0.15) is 12.8 Å². The van der Waals surface area contributed by atoms with Gasteiger partial charge in [-0.05, 0) is 53.6 Å². The molecule has 0 aromatic heterocycles. The molecule has 0 unspecified atom stereocenters. The van der Waals surface area contributed by atoms with E-state index in [1.165, 1.54) is 12.1 Å². The summed E-state index contributed by atoms with van der Waals surface area (Å²) in [5.74, 6) is -0.154. The highest BCUT2D eigenvalue weighted by Gasteiger charge is 2.21. The lowest BCUT2D eigenvalue weighted by Gasteiger charge is -2.09. The van der Waals surface area contributed by atoms with E-state index in [4.69, 9.17) is 0 Å². The van der Waals surface area contributed by atoms with Crippen molar-refractivity contribution in [3.8, 4) is 0 Å². The average molecular weight is 375 g/mol. The van der Waals surface area contributed by atoms with Crippen molar-refractivity contribution < 1.29 is 9.18 Å². The van der Waals surface area contributed by atoms with Gasteiger partial charge in [-0.1, -0.05) is 0 Å². The summed E-state index contributed by atoms with van der Waals surface area (Å²) in [5.41, 5.74) is 0.184. The first-order chi connectivity index (χ1) is 9.08. The number of nitrogens with one attached hydrogen (secondary N) is 3. The molecule has 102 valence electrons. The molecule has 0 spiro atoms. The van der Waals surface area contributed by atoms with Crippen molar-refractivity contribution in [2.24, 2.45) is 0 Å². The Balaban J connectivity index is 2.00. The summed E-state index contributed by atoms with van der Waals surface area (Å²) in [5, 5.41) is 8.61. The second-order valence-corrected chi connectivity index (χ2v) is 5.59. The van der Waals surface area contributed by atoms with Crippen LogP contribution in [0.5, 0.6) is 0 Å². The number of halogens is 2. The van der Waals surface area contributed by atoms with Gasteiger partial charge < -0.3 is 16.0 Å². The lowest BCUT2D eigenvalue weighted by molar-refractivity contribution is -0.112. The zero-order chi connectivity index (χ0) is 13.8. The van der Waals surface area contributed by atoms with Gasteiger partial charge in [0.05, 0.1) is 5.69 Å². The SMILES string of the molecule is CN/C(=C/C(=O)Nc1ccc(I)cc1F)NC1CC1. The van der Waals surface area contributed by atoms with E-state index in [-0.39, 0.29) is 11.6 Å². The normalized spacial score (nSPS) is 15.0. The molecule has 0 saturated heterocycles. The van der Waals surface area contributed by atoms with E-state index >= 15 is 0 Å². The minimum absolute atomic E-state index is 0.184. The molecule has 1 saturated carbocycles. The predicted molar refractivity (Wildman–Crippen MR) is 81.0 cm³/mol. The number of benzene rings is 1. The average Bonchev–Trinajstić information content (AvgIpc) is 3.16. The minimum Gasteiger partial charge on any atom is -0.375 e. The molecule has 1 aromatic rings. The molecule has 1 aromatic carbocycles. The van der Waals surface area contributed by atoms with Gasteiger partial charge in [-0.2, -0.15) is 0 Å². The first kappa shape index (κ1) is 14.1. The van der Waals surface area contributed by atoms with Crippen molar-refractivity contribution in [3.63, 3.8) is 0 Å². The van der Waals surface area contributed by atoms with Gasteiger partial charge in [0.25, 0.3) is 5.91 Å². The molecule has 0 atom stereocenters. The topological polar surface area (TPSA) is 53.2 Å². The fraction of sp³-hybridized carbons (Fsp3) is 0.308. The third-order valence-electron chi connectivity index (χ3n) is 2.67. The maximum Gasteiger partial charge on any atom is 0.252 e. The van der Waals surface area contributed by atoms with Crippen LogP contribution in [-0.2, 0) is 4.79 Å². The zero-order valence-electron chi connectivity index (χ0n) is 10.5. The lowest BCUT2D eigenvalue weighted by atomic mass is 10.3. The Morgan fingerprint density at radius 1 is 1.47 bits per heavy atom. The molecule has 2 rings (SSSR count). The largest absolute Gasteiger partial charge is 0.375 e. The number of anilines is 1. The maximum atomic E-state index is 13.6. The van der Waals surface area contributed by atoms with E-state index in [2.05, 4.69) is 16.0 Å². The number of carbonyl (C=O) groups excluding carboxylic acids is 1. The molecular weight excluding hydrogens is 360 g/mol. The molecule has 4 nitrogen and oxygen atoms in total. The Morgan fingerprint density at radius 3 is 2.79 bits per heavy atom. The lowest BCUT2D eigenvalue weighted by Crippen LogP contribution is -2.27. The van der Waals surface area contributed by atoms with Gasteiger partial charge in [0, 0.05) is 22.7 Å². The molecule has 1 amide bonds. The molecule has 0 aliphatic heterocycles. The monoisotopic (exact) mass is 375 g/mol. The second kappa shape index (κ2) is 6.23. The van der Waals surface area contributed by atoms with Gasteiger partial charge >= 0.3 is 0 Å². The van der Waals surface area contributed by atoms with Crippen molar-refractivity contribution in [1.29, 1.82) is 0 Å². The highest BCUT2D eigenvalue weighted by Crippen LogP contribution is 2.20. The van der Waals surface area contributed by atoms with Gasteiger partial charge in [0.15, 0.2) is 0 Å². The standard InChI is InChI=1S/C13H15FIN3O/c1-16-12(17-9-3-4-9)7-13(19)18-11-5-2-8(15)6-10(11)14/h2,5-7,9,16-17H,3-4H2,1H3,(H,18,19)/b12-7-. The van der Waals surface area contributed by atoms with Crippen LogP contribution in [0.4, 0.5) is 10.1 Å². The maximum absolute atomic E-state index is 13.6. The Hall–Kier alpha value is -1.31. The quantitative estimate of drug-likeness (QED) is 0.546. The van der Waals surface area contributed by atoms with E-state index < -0.39 is 5.82 Å². The van der Waals surface area contributed by atoms with E-state index in [0.717, 1.165) is 16.4 Å². The van der Waals surface area contributed by atoms with Crippen LogP contribution in [0.25, 0.3) is 0 Å². The van der Waals surface area contributed by atoms with Crippen molar-refractivity contribution in [3.05, 3.63) is 39.5 Å². The summed E-state index contributed by atoms with van der Waals surface area (Å²) < 4.78 is 14.4. The number of carbonyl (C=O) groups is 1. The number of hydrogen-bond donors (Lipinski definition) is 3. The third-order valence-corrected chi connectivity index (χ3v) is 3.34. The first-order valence-electron chi connectivity index (χ1n) is 6.00. The first-order valence-corrected chi connectivity index (χ1v) is 7.08. The van der Waals surface area contributed by atoms with Crippen LogP contribution in [0.15, 0.2) is 30.1 Å². The summed E-state index contributed by atoms with van der Waals surface area (Å²) in [4.78, 5) is 11.8. The Bertz CT molecular complexity index is 515. The predicted octanol–water partition coefficient (Wildman–Crippen LogP) is 2.18. The van der Waals surface area contributed by atoms with Crippen LogP contribution in [0, 0.1) is 9.39 Å². The Kier molecular flexibility index (Phi) is 4.62. The summed E-state index contributed by atoms with van der Waals surface area (Å²) in [6.07, 6.45) is 3.63. The number of amides is 1. The highest BCUT2D eigenvalue weighted by molar-refractivity contribution is 14.1. The van der Waals surface area contributed by atoms with Crippen molar-refractivity contribution in [1.82, 2.24) is 10.6 Å². The molecule has 3 N–H and O–H groups in total. The van der Waals surface area contributed by atoms with E-state index in [1.807, 2.05) is 22.6 Å². The van der Waals surface area contributed by atoms with E-state index in [0.29, 0.717) is 11.9 Å². The Labute approximate surface area is 125 Å². The van der Waals surface area contributed by atoms with Crippen molar-refractivity contribution >= 4 is 34.2 Å². The van der Waals surface area contributed by atoms with E-state index in [9.17, 15) is 9.18 Å². The smallest absolute Gasteiger partial charge is 0.252 e. The van der Waals surface area contributed by atoms with Crippen LogP contribution in [0.3, 0.4) is 0 Å². The fourth-order valence-corrected chi connectivity index (χ4v) is 1.98. The molecule has 0 bridgehead atoms. The fourth-order valence-electron chi connectivity index (χ4n) is 1.52. The van der Waals surface area contributed by atoms with Crippen molar-refractivity contribution in [2.75, 3.05) is 12.4 Å². The van der Waals surface area contributed by atoms with E-state index in [1.54, 1.807) is 19.2 Å². The summed E-state index contributed by atoms with van der Waals surface area (Å²) in [7, 11) is 1.74. The molecule has 1 fully saturated rings. The summed E-state index contributed by atoms with van der Waals surface area (Å²) >= 11 is 2.02. The van der Waals surface area contributed by atoms with Crippen LogP contribution in [0.2, 0.25) is 0 Å². The van der Waals surface area contributed by atoms with Crippen molar-refractivity contribution in [2.45, 2.75) is 18.9 Å². The van der Waals surface area contributed by atoms with Crippen LogP contribution >= 0.6 is 22.6 Å².